The molecule has 49 heavy (non-hydrogen) atoms. The predicted octanol–water partition coefficient (Wildman–Crippen LogP) is 9.51. The van der Waals surface area contributed by atoms with Gasteiger partial charge in [0, 0.05) is 29.4 Å². The molecule has 0 aromatic heterocycles. The molecule has 4 saturated carbocycles. The summed E-state index contributed by atoms with van der Waals surface area (Å²) in [6, 6.07) is 21.7. The summed E-state index contributed by atoms with van der Waals surface area (Å²) in [7, 11) is 0. The first-order valence-electron chi connectivity index (χ1n) is 18.6. The number of rotatable bonds is 9. The van der Waals surface area contributed by atoms with Crippen molar-refractivity contribution in [2.45, 2.75) is 97.2 Å². The molecule has 0 spiro atoms. The standard InChI is InChI=1S/C42H54FN3O3/c1-26(4-19-40(47)46-30-11-5-27(43)6-12-30)35-17-18-36-34-25-39(49-32-15-9-29(45)10-16-32)38-24-33(48-31-13-7-28(44)8-14-31)20-22-42(38,3)37(34)21-23-41(35,36)2/h5-16,26,33-39H,4,17-25,44-45H2,1-3H3,(H,46,47)/t26-,33?,34+,35-,36+,37+,38?,39?,41-,42-/m1/s1. The Morgan fingerprint density at radius 2 is 1.41 bits per heavy atom. The fourth-order valence-corrected chi connectivity index (χ4v) is 11.2. The van der Waals surface area contributed by atoms with Gasteiger partial charge in [-0.05, 0) is 171 Å². The van der Waals surface area contributed by atoms with E-state index < -0.39 is 0 Å². The maximum atomic E-state index is 13.3. The number of benzene rings is 3. The van der Waals surface area contributed by atoms with E-state index in [9.17, 15) is 9.18 Å². The normalized spacial score (nSPS) is 34.2. The van der Waals surface area contributed by atoms with Crippen molar-refractivity contribution in [1.82, 2.24) is 0 Å². The first-order valence-corrected chi connectivity index (χ1v) is 18.6. The second kappa shape index (κ2) is 13.5. The summed E-state index contributed by atoms with van der Waals surface area (Å²) in [5, 5.41) is 2.95. The first-order chi connectivity index (χ1) is 23.5. The number of nitrogens with two attached hydrogens (primary N) is 2. The second-order valence-electron chi connectivity index (χ2n) is 16.3. The molecular weight excluding hydrogens is 613 g/mol. The molecule has 262 valence electrons. The van der Waals surface area contributed by atoms with Crippen LogP contribution in [0.4, 0.5) is 21.5 Å². The molecule has 10 atom stereocenters. The average molecular weight is 668 g/mol. The molecule has 3 aromatic carbocycles. The van der Waals surface area contributed by atoms with E-state index in [1.165, 1.54) is 37.8 Å². The van der Waals surface area contributed by atoms with Crippen molar-refractivity contribution in [3.8, 4) is 11.5 Å². The molecule has 7 heteroatoms. The molecule has 1 amide bonds. The van der Waals surface area contributed by atoms with Gasteiger partial charge in [0.25, 0.3) is 0 Å². The van der Waals surface area contributed by atoms with E-state index in [0.29, 0.717) is 47.6 Å². The molecule has 4 fully saturated rings. The molecule has 0 heterocycles. The quantitative estimate of drug-likeness (QED) is 0.198. The van der Waals surface area contributed by atoms with E-state index in [0.717, 1.165) is 55.0 Å². The van der Waals surface area contributed by atoms with Gasteiger partial charge in [-0.2, -0.15) is 0 Å². The number of carbonyl (C=O) groups is 1. The van der Waals surface area contributed by atoms with Crippen LogP contribution in [0.5, 0.6) is 11.5 Å². The highest BCUT2D eigenvalue weighted by molar-refractivity contribution is 5.90. The van der Waals surface area contributed by atoms with E-state index in [1.807, 2.05) is 48.5 Å². The van der Waals surface area contributed by atoms with Gasteiger partial charge in [-0.1, -0.05) is 20.8 Å². The molecule has 0 aliphatic heterocycles. The van der Waals surface area contributed by atoms with Crippen molar-refractivity contribution in [1.29, 1.82) is 0 Å². The fourth-order valence-electron chi connectivity index (χ4n) is 11.2. The topological polar surface area (TPSA) is 99.6 Å². The van der Waals surface area contributed by atoms with Crippen LogP contribution in [0.15, 0.2) is 72.8 Å². The van der Waals surface area contributed by atoms with E-state index >= 15 is 0 Å². The molecule has 3 unspecified atom stereocenters. The summed E-state index contributed by atoms with van der Waals surface area (Å²) in [6.07, 6.45) is 10.9. The zero-order valence-electron chi connectivity index (χ0n) is 29.4. The highest BCUT2D eigenvalue weighted by Crippen LogP contribution is 2.68. The van der Waals surface area contributed by atoms with Crippen LogP contribution in [0.25, 0.3) is 0 Å². The molecular formula is C42H54FN3O3. The Kier molecular flexibility index (Phi) is 9.31. The third-order valence-corrected chi connectivity index (χ3v) is 13.7. The van der Waals surface area contributed by atoms with E-state index in [2.05, 4.69) is 26.1 Å². The lowest BCUT2D eigenvalue weighted by atomic mass is 9.43. The Balaban J connectivity index is 1.07. The Labute approximate surface area is 291 Å². The lowest BCUT2D eigenvalue weighted by Gasteiger charge is -2.63. The maximum absolute atomic E-state index is 13.3. The molecule has 6 nitrogen and oxygen atoms in total. The minimum Gasteiger partial charge on any atom is -0.490 e. The van der Waals surface area contributed by atoms with Gasteiger partial charge in [-0.25, -0.2) is 4.39 Å². The molecule has 3 aromatic rings. The molecule has 4 aliphatic rings. The van der Waals surface area contributed by atoms with Gasteiger partial charge >= 0.3 is 0 Å². The molecule has 7 rings (SSSR count). The number of nitrogen functional groups attached to an aromatic ring is 2. The second-order valence-corrected chi connectivity index (χ2v) is 16.3. The van der Waals surface area contributed by atoms with E-state index in [-0.39, 0.29) is 34.8 Å². The Morgan fingerprint density at radius 3 is 2.08 bits per heavy atom. The highest BCUT2D eigenvalue weighted by atomic mass is 19.1. The highest BCUT2D eigenvalue weighted by Gasteiger charge is 2.63. The van der Waals surface area contributed by atoms with Gasteiger partial charge in [0.1, 0.15) is 23.4 Å². The average Bonchev–Trinajstić information content (AvgIpc) is 3.45. The SMILES string of the molecule is C[C@H](CCC(=O)Nc1ccc(F)cc1)[C@H]1CC[C@H]2[C@@H]3CC(Oc4ccc(N)cc4)C4CC(Oc5ccc(N)cc5)CC[C@]4(C)[C@H]3CC[C@]12C. The van der Waals surface area contributed by atoms with Crippen LogP contribution in [-0.4, -0.2) is 18.1 Å². The summed E-state index contributed by atoms with van der Waals surface area (Å²) in [6.45, 7) is 7.51. The van der Waals surface area contributed by atoms with Gasteiger partial charge < -0.3 is 26.3 Å². The third-order valence-electron chi connectivity index (χ3n) is 13.7. The van der Waals surface area contributed by atoms with Crippen LogP contribution in [-0.2, 0) is 4.79 Å². The van der Waals surface area contributed by atoms with Crippen molar-refractivity contribution in [2.24, 2.45) is 46.3 Å². The number of fused-ring (bicyclic) bond motifs is 5. The van der Waals surface area contributed by atoms with Gasteiger partial charge in [-0.3, -0.25) is 4.79 Å². The smallest absolute Gasteiger partial charge is 0.224 e. The van der Waals surface area contributed by atoms with Crippen molar-refractivity contribution in [3.63, 3.8) is 0 Å². The van der Waals surface area contributed by atoms with Gasteiger partial charge in [0.05, 0.1) is 6.10 Å². The van der Waals surface area contributed by atoms with Crippen molar-refractivity contribution >= 4 is 23.0 Å². The van der Waals surface area contributed by atoms with Crippen LogP contribution >= 0.6 is 0 Å². The summed E-state index contributed by atoms with van der Waals surface area (Å²) >= 11 is 0. The van der Waals surface area contributed by atoms with E-state index in [1.54, 1.807) is 12.1 Å². The van der Waals surface area contributed by atoms with Crippen molar-refractivity contribution in [3.05, 3.63) is 78.6 Å². The Morgan fingerprint density at radius 1 is 0.796 bits per heavy atom. The van der Waals surface area contributed by atoms with Gasteiger partial charge in [0.2, 0.25) is 5.91 Å². The maximum Gasteiger partial charge on any atom is 0.224 e. The molecule has 0 bridgehead atoms. The summed E-state index contributed by atoms with van der Waals surface area (Å²) in [5.74, 6) is 4.91. The number of halogens is 1. The minimum atomic E-state index is -0.299. The number of ether oxygens (including phenoxy) is 2. The lowest BCUT2D eigenvalue weighted by molar-refractivity contribution is -0.164. The molecule has 0 radical (unpaired) electrons. The number of amides is 1. The molecule has 4 aliphatic carbocycles. The predicted molar refractivity (Wildman–Crippen MR) is 195 cm³/mol. The zero-order chi connectivity index (χ0) is 34.3. The number of anilines is 3. The number of hydrogen-bond acceptors (Lipinski definition) is 5. The fraction of sp³-hybridized carbons (Fsp3) is 0.548. The van der Waals surface area contributed by atoms with Crippen LogP contribution in [0.2, 0.25) is 0 Å². The largest absolute Gasteiger partial charge is 0.490 e. The number of nitrogens with one attached hydrogen (secondary N) is 1. The van der Waals surface area contributed by atoms with Gasteiger partial charge in [0.15, 0.2) is 0 Å². The zero-order valence-corrected chi connectivity index (χ0v) is 29.4. The monoisotopic (exact) mass is 667 g/mol. The van der Waals surface area contributed by atoms with Crippen molar-refractivity contribution in [2.75, 3.05) is 16.8 Å². The van der Waals surface area contributed by atoms with Gasteiger partial charge in [-0.15, -0.1) is 0 Å². The lowest BCUT2D eigenvalue weighted by Crippen LogP contribution is -2.59. The van der Waals surface area contributed by atoms with Crippen LogP contribution in [0.3, 0.4) is 0 Å². The van der Waals surface area contributed by atoms with Crippen LogP contribution in [0, 0.1) is 52.2 Å². The summed E-state index contributed by atoms with van der Waals surface area (Å²) in [5.41, 5.74) is 14.6. The number of carbonyl (C=O) groups excluding carboxylic acids is 1. The summed E-state index contributed by atoms with van der Waals surface area (Å²) < 4.78 is 26.9. The Hall–Kier alpha value is -3.74. The van der Waals surface area contributed by atoms with Crippen molar-refractivity contribution < 1.29 is 18.7 Å². The molecule has 0 saturated heterocycles. The first kappa shape index (κ1) is 33.7. The van der Waals surface area contributed by atoms with E-state index in [4.69, 9.17) is 20.9 Å². The third kappa shape index (κ3) is 6.74. The Bertz CT molecular complexity index is 1600. The van der Waals surface area contributed by atoms with Crippen LogP contribution in [0.1, 0.15) is 85.0 Å². The molecule has 5 N–H and O–H groups in total. The summed E-state index contributed by atoms with van der Waals surface area (Å²) in [4.78, 5) is 12.8. The number of hydrogen-bond donors (Lipinski definition) is 3. The van der Waals surface area contributed by atoms with Crippen LogP contribution < -0.4 is 26.3 Å². The minimum absolute atomic E-state index is 0.00625.